The van der Waals surface area contributed by atoms with E-state index in [1.54, 1.807) is 30.3 Å². The van der Waals surface area contributed by atoms with Crippen molar-refractivity contribution in [3.05, 3.63) is 68.9 Å². The summed E-state index contributed by atoms with van der Waals surface area (Å²) in [6, 6.07) is 10.3. The fourth-order valence-corrected chi connectivity index (χ4v) is 4.92. The van der Waals surface area contributed by atoms with E-state index in [4.69, 9.17) is 9.47 Å². The average molecular weight is 506 g/mol. The van der Waals surface area contributed by atoms with E-state index < -0.39 is 23.1 Å². The Balaban J connectivity index is 2.06. The number of hydrogen-bond acceptors (Lipinski definition) is 9. The first-order valence-corrected chi connectivity index (χ1v) is 12.3. The minimum Gasteiger partial charge on any atom is -0.504 e. The van der Waals surface area contributed by atoms with E-state index in [0.29, 0.717) is 21.9 Å². The van der Waals surface area contributed by atoms with Crippen molar-refractivity contribution in [1.82, 2.24) is 0 Å². The second-order valence-electron chi connectivity index (χ2n) is 8.63. The number of fused-ring (bicyclic) bond motifs is 1. The van der Waals surface area contributed by atoms with Crippen molar-refractivity contribution in [2.45, 2.75) is 39.5 Å². The van der Waals surface area contributed by atoms with E-state index in [9.17, 15) is 25.2 Å². The maximum Gasteiger partial charge on any atom is 0.352 e. The zero-order valence-electron chi connectivity index (χ0n) is 20.4. The SMILES string of the molecule is COc1ccc(C(=O)C=C(Nc2sc3c(c2C#N)CCCC3)C(O)=C(C#N)C(=O)OCC(C)C)cc1. The highest BCUT2D eigenvalue weighted by Gasteiger charge is 2.25. The fourth-order valence-electron chi connectivity index (χ4n) is 3.67. The minimum atomic E-state index is -1.00. The van der Waals surface area contributed by atoms with Gasteiger partial charge < -0.3 is 19.9 Å². The van der Waals surface area contributed by atoms with E-state index in [1.165, 1.54) is 18.4 Å². The molecule has 1 aromatic heterocycles. The van der Waals surface area contributed by atoms with Gasteiger partial charge in [-0.2, -0.15) is 10.5 Å². The molecular weight excluding hydrogens is 478 g/mol. The van der Waals surface area contributed by atoms with Crippen LogP contribution in [0.1, 0.15) is 53.1 Å². The molecule has 1 aliphatic rings. The molecule has 0 bridgehead atoms. The van der Waals surface area contributed by atoms with Crippen molar-refractivity contribution in [3.63, 3.8) is 0 Å². The van der Waals surface area contributed by atoms with Gasteiger partial charge in [-0.15, -0.1) is 11.3 Å². The summed E-state index contributed by atoms with van der Waals surface area (Å²) in [5.41, 5.74) is 0.874. The van der Waals surface area contributed by atoms with Crippen LogP contribution in [-0.4, -0.2) is 30.6 Å². The second kappa shape index (κ2) is 12.1. The number of hydrogen-bond donors (Lipinski definition) is 2. The summed E-state index contributed by atoms with van der Waals surface area (Å²) in [6.45, 7) is 3.74. The van der Waals surface area contributed by atoms with E-state index in [-0.39, 0.29) is 18.2 Å². The highest BCUT2D eigenvalue weighted by molar-refractivity contribution is 7.16. The van der Waals surface area contributed by atoms with Gasteiger partial charge >= 0.3 is 5.97 Å². The molecule has 0 radical (unpaired) electrons. The van der Waals surface area contributed by atoms with Crippen molar-refractivity contribution in [3.8, 4) is 17.9 Å². The number of carbonyl (C=O) groups is 2. The number of carbonyl (C=O) groups excluding carboxylic acids is 2. The number of nitriles is 2. The number of nitrogens with one attached hydrogen (secondary N) is 1. The molecule has 0 spiro atoms. The third kappa shape index (κ3) is 6.12. The molecule has 0 aliphatic heterocycles. The van der Waals surface area contributed by atoms with Crippen molar-refractivity contribution < 1.29 is 24.2 Å². The Morgan fingerprint density at radius 3 is 2.50 bits per heavy atom. The third-order valence-electron chi connectivity index (χ3n) is 5.54. The number of anilines is 1. The summed E-state index contributed by atoms with van der Waals surface area (Å²) in [5, 5.41) is 33.8. The van der Waals surface area contributed by atoms with E-state index in [0.717, 1.165) is 42.2 Å². The Hall–Kier alpha value is -4.08. The molecule has 2 aromatic rings. The molecule has 8 nitrogen and oxygen atoms in total. The van der Waals surface area contributed by atoms with Gasteiger partial charge in [-0.05, 0) is 61.4 Å². The standard InChI is InChI=1S/C27H27N3O5S/c1-16(2)15-35-27(33)21(14-29)25(32)22(12-23(31)17-8-10-18(34-3)11-9-17)30-26-20(13-28)19-6-4-5-7-24(19)36-26/h8-12,16,30,32H,4-7,15H2,1-3H3. The number of rotatable bonds is 9. The smallest absolute Gasteiger partial charge is 0.352 e. The number of methoxy groups -OCH3 is 1. The number of thiophene rings is 1. The van der Waals surface area contributed by atoms with Crippen molar-refractivity contribution in [2.75, 3.05) is 19.0 Å². The molecule has 1 aromatic carbocycles. The van der Waals surface area contributed by atoms with Gasteiger partial charge in [0, 0.05) is 16.5 Å². The predicted octanol–water partition coefficient (Wildman–Crippen LogP) is 5.22. The van der Waals surface area contributed by atoms with Gasteiger partial charge in [0.05, 0.1) is 25.0 Å². The van der Waals surface area contributed by atoms with Crippen LogP contribution in [0.15, 0.2) is 47.4 Å². The van der Waals surface area contributed by atoms with Gasteiger partial charge in [0.1, 0.15) is 22.9 Å². The lowest BCUT2D eigenvalue weighted by Crippen LogP contribution is -2.16. The summed E-state index contributed by atoms with van der Waals surface area (Å²) >= 11 is 1.37. The first-order chi connectivity index (χ1) is 17.3. The minimum absolute atomic E-state index is 0.0245. The second-order valence-corrected chi connectivity index (χ2v) is 9.74. The summed E-state index contributed by atoms with van der Waals surface area (Å²) in [5.74, 6) is -1.63. The fraction of sp³-hybridized carbons (Fsp3) is 0.333. The highest BCUT2D eigenvalue weighted by Crippen LogP contribution is 2.38. The Bertz CT molecular complexity index is 1290. The molecule has 0 fully saturated rings. The topological polar surface area (TPSA) is 132 Å². The van der Waals surface area contributed by atoms with Crippen LogP contribution in [0.2, 0.25) is 0 Å². The summed E-state index contributed by atoms with van der Waals surface area (Å²) in [4.78, 5) is 26.6. The molecule has 1 aliphatic carbocycles. The van der Waals surface area contributed by atoms with Gasteiger partial charge in [0.2, 0.25) is 0 Å². The molecule has 186 valence electrons. The van der Waals surface area contributed by atoms with Crippen molar-refractivity contribution >= 4 is 28.1 Å². The van der Waals surface area contributed by atoms with Crippen LogP contribution in [0, 0.1) is 28.6 Å². The molecule has 3 rings (SSSR count). The first kappa shape index (κ1) is 26.5. The Labute approximate surface area is 214 Å². The lowest BCUT2D eigenvalue weighted by Gasteiger charge is -2.12. The van der Waals surface area contributed by atoms with E-state index in [2.05, 4.69) is 11.4 Å². The number of aliphatic hydroxyl groups is 1. The van der Waals surface area contributed by atoms with Gasteiger partial charge in [0.15, 0.2) is 17.1 Å². The third-order valence-corrected chi connectivity index (χ3v) is 6.74. The van der Waals surface area contributed by atoms with Crippen LogP contribution in [0.4, 0.5) is 5.00 Å². The lowest BCUT2D eigenvalue weighted by atomic mass is 9.96. The normalized spacial score (nSPS) is 13.7. The molecule has 9 heteroatoms. The number of aliphatic hydroxyl groups excluding tert-OH is 1. The summed E-state index contributed by atoms with van der Waals surface area (Å²) in [7, 11) is 1.51. The largest absolute Gasteiger partial charge is 0.504 e. The van der Waals surface area contributed by atoms with Gasteiger partial charge in [-0.1, -0.05) is 13.8 Å². The Morgan fingerprint density at radius 2 is 1.89 bits per heavy atom. The predicted molar refractivity (Wildman–Crippen MR) is 136 cm³/mol. The van der Waals surface area contributed by atoms with Crippen LogP contribution < -0.4 is 10.1 Å². The maximum atomic E-state index is 13.0. The molecule has 0 atom stereocenters. The number of aryl methyl sites for hydroxylation is 1. The molecule has 0 amide bonds. The molecule has 36 heavy (non-hydrogen) atoms. The van der Waals surface area contributed by atoms with E-state index in [1.807, 2.05) is 13.8 Å². The zero-order valence-corrected chi connectivity index (χ0v) is 21.2. The number of allylic oxidation sites excluding steroid dienone is 1. The molecule has 0 unspecified atom stereocenters. The lowest BCUT2D eigenvalue weighted by molar-refractivity contribution is -0.139. The van der Waals surface area contributed by atoms with Crippen LogP contribution in [0.3, 0.4) is 0 Å². The molecular formula is C27H27N3O5S. The molecule has 1 heterocycles. The van der Waals surface area contributed by atoms with Gasteiger partial charge in [0.25, 0.3) is 0 Å². The van der Waals surface area contributed by atoms with Gasteiger partial charge in [-0.3, -0.25) is 4.79 Å². The average Bonchev–Trinajstić information content (AvgIpc) is 3.24. The number of nitrogens with zero attached hydrogens (tertiary/aromatic N) is 2. The Morgan fingerprint density at radius 1 is 1.19 bits per heavy atom. The van der Waals surface area contributed by atoms with Crippen LogP contribution >= 0.6 is 11.3 Å². The quantitative estimate of drug-likeness (QED) is 0.118. The Kier molecular flexibility index (Phi) is 8.88. The molecule has 0 saturated carbocycles. The highest BCUT2D eigenvalue weighted by atomic mass is 32.1. The van der Waals surface area contributed by atoms with E-state index >= 15 is 0 Å². The van der Waals surface area contributed by atoms with Crippen LogP contribution in [0.5, 0.6) is 5.75 Å². The summed E-state index contributed by atoms with van der Waals surface area (Å²) in [6.07, 6.45) is 4.70. The number of ketones is 1. The monoisotopic (exact) mass is 505 g/mol. The number of ether oxygens (including phenoxy) is 2. The number of esters is 1. The van der Waals surface area contributed by atoms with Gasteiger partial charge in [-0.25, -0.2) is 4.79 Å². The summed E-state index contributed by atoms with van der Waals surface area (Å²) < 4.78 is 10.2. The number of benzene rings is 1. The first-order valence-electron chi connectivity index (χ1n) is 11.5. The molecule has 2 N–H and O–H groups in total. The zero-order chi connectivity index (χ0) is 26.2. The van der Waals surface area contributed by atoms with Crippen LogP contribution in [-0.2, 0) is 22.4 Å². The van der Waals surface area contributed by atoms with Crippen LogP contribution in [0.25, 0.3) is 0 Å². The van der Waals surface area contributed by atoms with Crippen molar-refractivity contribution in [2.24, 2.45) is 5.92 Å². The molecule has 0 saturated heterocycles. The maximum absolute atomic E-state index is 13.0. The van der Waals surface area contributed by atoms with Crippen molar-refractivity contribution in [1.29, 1.82) is 10.5 Å².